The second kappa shape index (κ2) is 3.80. The summed E-state index contributed by atoms with van der Waals surface area (Å²) in [5.41, 5.74) is 4.80. The van der Waals surface area contributed by atoms with E-state index in [1.54, 1.807) is 5.56 Å². The van der Waals surface area contributed by atoms with Crippen LogP contribution in [0.3, 0.4) is 0 Å². The van der Waals surface area contributed by atoms with Crippen LogP contribution in [-0.4, -0.2) is 12.1 Å². The summed E-state index contributed by atoms with van der Waals surface area (Å²) in [5, 5.41) is 0. The molecule has 1 aliphatic heterocycles. The molecule has 0 saturated carbocycles. The SMILES string of the molecule is CC(C)c1cccc2c1CCN2C(C)(C)C. The van der Waals surface area contributed by atoms with Gasteiger partial charge >= 0.3 is 0 Å². The molecule has 0 aromatic heterocycles. The molecule has 0 amide bonds. The van der Waals surface area contributed by atoms with E-state index in [0.29, 0.717) is 5.92 Å². The van der Waals surface area contributed by atoms with Crippen LogP contribution in [0.15, 0.2) is 18.2 Å². The van der Waals surface area contributed by atoms with E-state index in [2.05, 4.69) is 57.7 Å². The summed E-state index contributed by atoms with van der Waals surface area (Å²) in [6, 6.07) is 6.77. The Balaban J connectivity index is 2.46. The number of hydrogen-bond acceptors (Lipinski definition) is 1. The van der Waals surface area contributed by atoms with Gasteiger partial charge in [-0.05, 0) is 50.3 Å². The van der Waals surface area contributed by atoms with Crippen molar-refractivity contribution in [3.8, 4) is 0 Å². The van der Waals surface area contributed by atoms with Crippen molar-refractivity contribution < 1.29 is 0 Å². The summed E-state index contributed by atoms with van der Waals surface area (Å²) in [6.07, 6.45) is 1.21. The molecule has 1 heterocycles. The van der Waals surface area contributed by atoms with Crippen molar-refractivity contribution in [1.82, 2.24) is 0 Å². The van der Waals surface area contributed by atoms with Gasteiger partial charge in [-0.15, -0.1) is 0 Å². The van der Waals surface area contributed by atoms with Crippen molar-refractivity contribution in [2.75, 3.05) is 11.4 Å². The van der Waals surface area contributed by atoms with Gasteiger partial charge in [-0.2, -0.15) is 0 Å². The van der Waals surface area contributed by atoms with E-state index in [9.17, 15) is 0 Å². The first kappa shape index (κ1) is 11.5. The first-order valence-corrected chi connectivity index (χ1v) is 6.30. The fourth-order valence-electron chi connectivity index (χ4n) is 2.70. The van der Waals surface area contributed by atoms with Gasteiger partial charge in [-0.3, -0.25) is 0 Å². The van der Waals surface area contributed by atoms with Crippen LogP contribution in [0.1, 0.15) is 51.7 Å². The molecule has 1 heteroatoms. The Morgan fingerprint density at radius 3 is 2.44 bits per heavy atom. The molecule has 0 radical (unpaired) electrons. The van der Waals surface area contributed by atoms with Crippen molar-refractivity contribution in [3.05, 3.63) is 29.3 Å². The standard InChI is InChI=1S/C15H23N/c1-11(2)12-7-6-8-14-13(12)9-10-16(14)15(3,4)5/h6-8,11H,9-10H2,1-5H3. The van der Waals surface area contributed by atoms with Crippen molar-refractivity contribution in [2.45, 2.75) is 52.5 Å². The first-order chi connectivity index (χ1) is 7.41. The first-order valence-electron chi connectivity index (χ1n) is 6.30. The van der Waals surface area contributed by atoms with E-state index in [0.717, 1.165) is 0 Å². The summed E-state index contributed by atoms with van der Waals surface area (Å²) in [5.74, 6) is 0.634. The van der Waals surface area contributed by atoms with Gasteiger partial charge in [0.15, 0.2) is 0 Å². The van der Waals surface area contributed by atoms with Crippen LogP contribution < -0.4 is 4.90 Å². The summed E-state index contributed by atoms with van der Waals surface area (Å²) >= 11 is 0. The number of nitrogens with zero attached hydrogens (tertiary/aromatic N) is 1. The molecule has 2 rings (SSSR count). The predicted octanol–water partition coefficient (Wildman–Crippen LogP) is 3.97. The van der Waals surface area contributed by atoms with Crippen LogP contribution in [0, 0.1) is 0 Å². The van der Waals surface area contributed by atoms with E-state index in [1.165, 1.54) is 24.2 Å². The van der Waals surface area contributed by atoms with Crippen LogP contribution in [0.25, 0.3) is 0 Å². The van der Waals surface area contributed by atoms with Gasteiger partial charge in [-0.1, -0.05) is 26.0 Å². The fraction of sp³-hybridized carbons (Fsp3) is 0.600. The minimum Gasteiger partial charge on any atom is -0.366 e. The van der Waals surface area contributed by atoms with Gasteiger partial charge in [0.25, 0.3) is 0 Å². The fourth-order valence-corrected chi connectivity index (χ4v) is 2.70. The molecule has 88 valence electrons. The highest BCUT2D eigenvalue weighted by Gasteiger charge is 2.29. The summed E-state index contributed by atoms with van der Waals surface area (Å²) in [7, 11) is 0. The second-order valence-electron chi connectivity index (χ2n) is 6.07. The van der Waals surface area contributed by atoms with E-state index in [4.69, 9.17) is 0 Å². The highest BCUT2D eigenvalue weighted by Crippen LogP contribution is 2.37. The maximum Gasteiger partial charge on any atom is 0.0406 e. The minimum atomic E-state index is 0.237. The Labute approximate surface area is 99.5 Å². The Kier molecular flexibility index (Phi) is 2.73. The lowest BCUT2D eigenvalue weighted by molar-refractivity contribution is 0.518. The number of benzene rings is 1. The van der Waals surface area contributed by atoms with Crippen molar-refractivity contribution in [3.63, 3.8) is 0 Å². The van der Waals surface area contributed by atoms with Crippen LogP contribution in [0.5, 0.6) is 0 Å². The lowest BCUT2D eigenvalue weighted by Crippen LogP contribution is -2.40. The van der Waals surface area contributed by atoms with Crippen LogP contribution in [0.4, 0.5) is 5.69 Å². The molecule has 0 N–H and O–H groups in total. The highest BCUT2D eigenvalue weighted by molar-refractivity contribution is 5.62. The maximum absolute atomic E-state index is 2.54. The average Bonchev–Trinajstić information content (AvgIpc) is 2.59. The zero-order chi connectivity index (χ0) is 11.9. The molecule has 1 aliphatic rings. The van der Waals surface area contributed by atoms with Gasteiger partial charge in [0.2, 0.25) is 0 Å². The molecule has 16 heavy (non-hydrogen) atoms. The normalized spacial score (nSPS) is 15.8. The molecule has 0 unspecified atom stereocenters. The predicted molar refractivity (Wildman–Crippen MR) is 71.3 cm³/mol. The largest absolute Gasteiger partial charge is 0.366 e. The minimum absolute atomic E-state index is 0.237. The lowest BCUT2D eigenvalue weighted by atomic mass is 9.95. The van der Waals surface area contributed by atoms with Crippen molar-refractivity contribution >= 4 is 5.69 Å². The maximum atomic E-state index is 2.54. The number of rotatable bonds is 1. The molecule has 0 bridgehead atoms. The topological polar surface area (TPSA) is 3.24 Å². The summed E-state index contributed by atoms with van der Waals surface area (Å²) < 4.78 is 0. The Morgan fingerprint density at radius 2 is 1.88 bits per heavy atom. The van der Waals surface area contributed by atoms with Gasteiger partial charge in [0.05, 0.1) is 0 Å². The molecule has 0 aliphatic carbocycles. The smallest absolute Gasteiger partial charge is 0.0406 e. The number of hydrogen-bond donors (Lipinski definition) is 0. The average molecular weight is 217 g/mol. The molecule has 1 aromatic carbocycles. The van der Waals surface area contributed by atoms with E-state index in [-0.39, 0.29) is 5.54 Å². The molecular formula is C15H23N. The molecule has 0 saturated heterocycles. The molecule has 1 nitrogen and oxygen atoms in total. The number of anilines is 1. The van der Waals surface area contributed by atoms with Crippen LogP contribution in [-0.2, 0) is 6.42 Å². The quantitative estimate of drug-likeness (QED) is 0.688. The molecular weight excluding hydrogens is 194 g/mol. The molecule has 0 atom stereocenters. The van der Waals surface area contributed by atoms with Gasteiger partial charge < -0.3 is 4.90 Å². The zero-order valence-corrected chi connectivity index (χ0v) is 11.2. The van der Waals surface area contributed by atoms with E-state index in [1.807, 2.05) is 0 Å². The Hall–Kier alpha value is -0.980. The summed E-state index contributed by atoms with van der Waals surface area (Å²) in [4.78, 5) is 2.54. The van der Waals surface area contributed by atoms with Crippen molar-refractivity contribution in [1.29, 1.82) is 0 Å². The molecule has 0 fully saturated rings. The summed E-state index contributed by atoms with van der Waals surface area (Å²) in [6.45, 7) is 12.6. The van der Waals surface area contributed by atoms with E-state index < -0.39 is 0 Å². The third-order valence-corrected chi connectivity index (χ3v) is 3.50. The Bertz CT molecular complexity index is 385. The third-order valence-electron chi connectivity index (χ3n) is 3.50. The van der Waals surface area contributed by atoms with Crippen molar-refractivity contribution in [2.24, 2.45) is 0 Å². The van der Waals surface area contributed by atoms with E-state index >= 15 is 0 Å². The van der Waals surface area contributed by atoms with Gasteiger partial charge in [-0.25, -0.2) is 0 Å². The number of fused-ring (bicyclic) bond motifs is 1. The van der Waals surface area contributed by atoms with Gasteiger partial charge in [0.1, 0.15) is 0 Å². The molecule has 0 spiro atoms. The third kappa shape index (κ3) is 1.83. The lowest BCUT2D eigenvalue weighted by Gasteiger charge is -2.34. The highest BCUT2D eigenvalue weighted by atomic mass is 15.2. The Morgan fingerprint density at radius 1 is 1.19 bits per heavy atom. The molecule has 1 aromatic rings. The second-order valence-corrected chi connectivity index (χ2v) is 6.07. The monoisotopic (exact) mass is 217 g/mol. The zero-order valence-electron chi connectivity index (χ0n) is 11.2. The van der Waals surface area contributed by atoms with Gasteiger partial charge in [0, 0.05) is 17.8 Å². The van der Waals surface area contributed by atoms with Crippen LogP contribution in [0.2, 0.25) is 0 Å². The van der Waals surface area contributed by atoms with Crippen LogP contribution >= 0.6 is 0 Å².